The van der Waals surface area contributed by atoms with Crippen molar-refractivity contribution in [2.45, 2.75) is 13.0 Å². The number of ether oxygens (including phenoxy) is 2. The number of carboxylic acid groups (broad SMARTS) is 1. The summed E-state index contributed by atoms with van der Waals surface area (Å²) in [6.07, 6.45) is -0.962. The van der Waals surface area contributed by atoms with E-state index < -0.39 is 17.0 Å². The van der Waals surface area contributed by atoms with E-state index >= 15 is 0 Å². The van der Waals surface area contributed by atoms with Gasteiger partial charge in [-0.05, 0) is 31.2 Å². The van der Waals surface area contributed by atoms with E-state index in [1.165, 1.54) is 25.1 Å². The van der Waals surface area contributed by atoms with Crippen molar-refractivity contribution in [1.82, 2.24) is 0 Å². The number of nitro groups is 1. The molecule has 0 aromatic heterocycles. The van der Waals surface area contributed by atoms with Crippen molar-refractivity contribution in [3.63, 3.8) is 0 Å². The Morgan fingerprint density at radius 3 is 2.74 bits per heavy atom. The van der Waals surface area contributed by atoms with Crippen LogP contribution in [-0.4, -0.2) is 35.3 Å². The van der Waals surface area contributed by atoms with E-state index in [0.717, 1.165) is 4.47 Å². The number of nitrogens with one attached hydrogen (secondary N) is 1. The fourth-order valence-corrected chi connectivity index (χ4v) is 2.77. The molecule has 0 bridgehead atoms. The second kappa shape index (κ2) is 9.54. The monoisotopic (exact) mass is 458 g/mol. The van der Waals surface area contributed by atoms with E-state index in [-0.39, 0.29) is 24.5 Å². The number of carbonyl (C=O) groups is 1. The number of anilines is 1. The first kappa shape index (κ1) is 20.9. The summed E-state index contributed by atoms with van der Waals surface area (Å²) in [6.45, 7) is 1.65. The molecule has 144 valence electrons. The highest BCUT2D eigenvalue weighted by atomic mass is 79.9. The third-order valence-electron chi connectivity index (χ3n) is 3.42. The van der Waals surface area contributed by atoms with E-state index in [1.807, 2.05) is 0 Å². The normalized spacial score (nSPS) is 11.7. The molecule has 0 aliphatic carbocycles. The van der Waals surface area contributed by atoms with E-state index in [9.17, 15) is 14.9 Å². The van der Waals surface area contributed by atoms with Gasteiger partial charge >= 0.3 is 5.97 Å². The molecule has 0 heterocycles. The molecule has 0 radical (unpaired) electrons. The molecule has 0 aliphatic rings. The fourth-order valence-electron chi connectivity index (χ4n) is 2.06. The summed E-state index contributed by atoms with van der Waals surface area (Å²) in [5.41, 5.74) is 0.0767. The number of hydrogen-bond acceptors (Lipinski definition) is 6. The van der Waals surface area contributed by atoms with Crippen molar-refractivity contribution in [2.24, 2.45) is 0 Å². The van der Waals surface area contributed by atoms with Gasteiger partial charge in [0.1, 0.15) is 17.2 Å². The molecule has 0 saturated carbocycles. The lowest BCUT2D eigenvalue weighted by molar-refractivity contribution is -0.384. The minimum atomic E-state index is -1.08. The van der Waals surface area contributed by atoms with E-state index in [2.05, 4.69) is 21.2 Å². The van der Waals surface area contributed by atoms with Gasteiger partial charge in [-0.25, -0.2) is 4.79 Å². The highest BCUT2D eigenvalue weighted by molar-refractivity contribution is 9.10. The van der Waals surface area contributed by atoms with Crippen molar-refractivity contribution < 1.29 is 24.3 Å². The maximum absolute atomic E-state index is 11.2. The van der Waals surface area contributed by atoms with Crippen LogP contribution in [-0.2, 0) is 9.53 Å². The number of benzene rings is 2. The Morgan fingerprint density at radius 1 is 1.37 bits per heavy atom. The summed E-state index contributed by atoms with van der Waals surface area (Å²) >= 11 is 9.41. The van der Waals surface area contributed by atoms with Gasteiger partial charge < -0.3 is 19.9 Å². The molecule has 1 unspecified atom stereocenters. The first-order valence-corrected chi connectivity index (χ1v) is 8.94. The molecule has 0 aliphatic heterocycles. The molecular weight excluding hydrogens is 444 g/mol. The van der Waals surface area contributed by atoms with Crippen LogP contribution in [0, 0.1) is 10.1 Å². The number of carboxylic acids is 1. The van der Waals surface area contributed by atoms with Gasteiger partial charge in [-0.3, -0.25) is 10.1 Å². The van der Waals surface area contributed by atoms with Crippen LogP contribution in [0.2, 0.25) is 5.02 Å². The van der Waals surface area contributed by atoms with Gasteiger partial charge in [0.25, 0.3) is 5.69 Å². The zero-order valence-corrected chi connectivity index (χ0v) is 16.5. The Bertz CT molecular complexity index is 848. The summed E-state index contributed by atoms with van der Waals surface area (Å²) in [7, 11) is 0. The second-order valence-electron chi connectivity index (χ2n) is 5.39. The highest BCUT2D eigenvalue weighted by Crippen LogP contribution is 2.35. The third-order valence-corrected chi connectivity index (χ3v) is 4.21. The number of aliphatic carboxylic acids is 1. The molecule has 2 rings (SSSR count). The number of nitrogens with zero attached hydrogens (tertiary/aromatic N) is 1. The number of halogens is 2. The van der Waals surface area contributed by atoms with E-state index in [0.29, 0.717) is 16.5 Å². The van der Waals surface area contributed by atoms with Crippen molar-refractivity contribution in [3.05, 3.63) is 56.0 Å². The zero-order chi connectivity index (χ0) is 20.0. The fraction of sp³-hybridized carbons (Fsp3) is 0.235. The van der Waals surface area contributed by atoms with Crippen LogP contribution in [0.3, 0.4) is 0 Å². The van der Waals surface area contributed by atoms with Gasteiger partial charge in [0, 0.05) is 23.2 Å². The smallest absolute Gasteiger partial charge is 0.332 e. The Hall–Kier alpha value is -2.36. The molecule has 2 aromatic carbocycles. The molecule has 8 nitrogen and oxygen atoms in total. The van der Waals surface area contributed by atoms with Crippen molar-refractivity contribution in [1.29, 1.82) is 0 Å². The number of hydrogen-bond donors (Lipinski definition) is 2. The van der Waals surface area contributed by atoms with Crippen molar-refractivity contribution in [2.75, 3.05) is 18.5 Å². The lowest BCUT2D eigenvalue weighted by atomic mass is 10.2. The van der Waals surface area contributed by atoms with Crippen LogP contribution in [0.15, 0.2) is 40.9 Å². The summed E-state index contributed by atoms with van der Waals surface area (Å²) in [5, 5.41) is 23.2. The van der Waals surface area contributed by atoms with Crippen LogP contribution in [0.25, 0.3) is 0 Å². The molecule has 0 spiro atoms. The minimum absolute atomic E-state index is 0.0637. The Labute approximate surface area is 168 Å². The molecule has 10 heteroatoms. The van der Waals surface area contributed by atoms with Gasteiger partial charge in [-0.1, -0.05) is 27.5 Å². The first-order valence-electron chi connectivity index (χ1n) is 7.77. The maximum Gasteiger partial charge on any atom is 0.332 e. The molecule has 0 saturated heterocycles. The first-order chi connectivity index (χ1) is 12.8. The van der Waals surface area contributed by atoms with Crippen molar-refractivity contribution in [3.8, 4) is 11.5 Å². The Balaban J connectivity index is 2.11. The second-order valence-corrected chi connectivity index (χ2v) is 6.71. The molecule has 27 heavy (non-hydrogen) atoms. The quantitative estimate of drug-likeness (QED) is 0.317. The van der Waals surface area contributed by atoms with Crippen molar-refractivity contribution >= 4 is 44.9 Å². The number of nitro benzene ring substituents is 1. The molecular formula is C17H16BrClN2O6. The maximum atomic E-state index is 11.2. The summed E-state index contributed by atoms with van der Waals surface area (Å²) in [6, 6.07) is 9.34. The largest absolute Gasteiger partial charge is 0.479 e. The average Bonchev–Trinajstić information content (AvgIpc) is 2.60. The number of rotatable bonds is 9. The predicted molar refractivity (Wildman–Crippen MR) is 104 cm³/mol. The summed E-state index contributed by atoms with van der Waals surface area (Å²) in [5.74, 6) is -0.326. The molecule has 1 atom stereocenters. The Morgan fingerprint density at radius 2 is 2.11 bits per heavy atom. The molecule has 0 amide bonds. The van der Waals surface area contributed by atoms with Crippen LogP contribution in [0.1, 0.15) is 6.92 Å². The highest BCUT2D eigenvalue weighted by Gasteiger charge is 2.16. The third kappa shape index (κ3) is 6.09. The molecule has 2 N–H and O–H groups in total. The van der Waals surface area contributed by atoms with Gasteiger partial charge in [0.2, 0.25) is 0 Å². The standard InChI is InChI=1S/C17H16BrClN2O6/c1-10(17(22)23)26-7-6-20-14-9-12(3-4-15(14)21(24)25)27-16-5-2-11(18)8-13(16)19/h2-5,8-10,20H,6-7H2,1H3,(H,22,23). The van der Waals surface area contributed by atoms with Crippen LogP contribution < -0.4 is 10.1 Å². The topological polar surface area (TPSA) is 111 Å². The van der Waals surface area contributed by atoms with Gasteiger partial charge in [0.15, 0.2) is 6.10 Å². The summed E-state index contributed by atoms with van der Waals surface area (Å²) < 4.78 is 11.6. The van der Waals surface area contributed by atoms with E-state index in [4.69, 9.17) is 26.2 Å². The Kier molecular flexibility index (Phi) is 7.40. The lowest BCUT2D eigenvalue weighted by Crippen LogP contribution is -2.23. The van der Waals surface area contributed by atoms with E-state index in [1.54, 1.807) is 18.2 Å². The van der Waals surface area contributed by atoms with Crippen LogP contribution >= 0.6 is 27.5 Å². The summed E-state index contributed by atoms with van der Waals surface area (Å²) in [4.78, 5) is 21.4. The SMILES string of the molecule is CC(OCCNc1cc(Oc2ccc(Br)cc2Cl)ccc1[N+](=O)[O-])C(=O)O. The zero-order valence-electron chi connectivity index (χ0n) is 14.1. The van der Waals surface area contributed by atoms with Gasteiger partial charge in [-0.2, -0.15) is 0 Å². The lowest BCUT2D eigenvalue weighted by Gasteiger charge is -2.12. The minimum Gasteiger partial charge on any atom is -0.479 e. The average molecular weight is 460 g/mol. The predicted octanol–water partition coefficient (Wildman–Crippen LogP) is 4.70. The molecule has 2 aromatic rings. The molecule has 0 fully saturated rings. The van der Waals surface area contributed by atoms with Gasteiger partial charge in [0.05, 0.1) is 16.6 Å². The van der Waals surface area contributed by atoms with Gasteiger partial charge in [-0.15, -0.1) is 0 Å². The van der Waals surface area contributed by atoms with Crippen LogP contribution in [0.4, 0.5) is 11.4 Å². The van der Waals surface area contributed by atoms with Crippen LogP contribution in [0.5, 0.6) is 11.5 Å².